The van der Waals surface area contributed by atoms with Gasteiger partial charge in [-0.1, -0.05) is 0 Å². The van der Waals surface area contributed by atoms with E-state index in [-0.39, 0.29) is 11.5 Å². The van der Waals surface area contributed by atoms with Crippen LogP contribution in [0.3, 0.4) is 0 Å². The zero-order chi connectivity index (χ0) is 15.1. The van der Waals surface area contributed by atoms with Crippen LogP contribution in [0.5, 0.6) is 0 Å². The fourth-order valence-corrected chi connectivity index (χ4v) is 2.55. The molecule has 0 spiro atoms. The van der Waals surface area contributed by atoms with Gasteiger partial charge in [0.2, 0.25) is 5.91 Å². The molecule has 108 valence electrons. The van der Waals surface area contributed by atoms with Crippen LogP contribution in [0.1, 0.15) is 24.2 Å². The van der Waals surface area contributed by atoms with Gasteiger partial charge in [0, 0.05) is 20.1 Å². The number of likely N-dealkylation sites (N-methyl/N-ethyl adjacent to an activating group) is 1. The molecule has 0 bridgehead atoms. The lowest BCUT2D eigenvalue weighted by Crippen LogP contribution is -2.62. The Morgan fingerprint density at radius 3 is 2.60 bits per heavy atom. The number of hydrogen-bond donors (Lipinski definition) is 1. The fraction of sp³-hybridized carbons (Fsp3) is 0.429. The number of rotatable bonds is 2. The highest BCUT2D eigenvalue weighted by molar-refractivity contribution is 5.97. The van der Waals surface area contributed by atoms with E-state index in [1.54, 1.807) is 30.7 Å². The standard InChI is InChI=1S/C14H17FN2O3/c1-14(2)13(20)16(3)6-7-17(14)11-5-4-9(15)8-10(11)12(18)19/h4-5,8H,6-7H2,1-3H3,(H,18,19). The molecule has 0 radical (unpaired) electrons. The second-order valence-corrected chi connectivity index (χ2v) is 5.40. The van der Waals surface area contributed by atoms with Gasteiger partial charge >= 0.3 is 5.97 Å². The summed E-state index contributed by atoms with van der Waals surface area (Å²) in [6.07, 6.45) is 0. The maximum atomic E-state index is 13.2. The SMILES string of the molecule is CN1CCN(c2ccc(F)cc2C(=O)O)C(C)(C)C1=O. The van der Waals surface area contributed by atoms with Crippen molar-refractivity contribution in [1.29, 1.82) is 0 Å². The lowest BCUT2D eigenvalue weighted by molar-refractivity contribution is -0.136. The maximum Gasteiger partial charge on any atom is 0.337 e. The zero-order valence-corrected chi connectivity index (χ0v) is 11.7. The lowest BCUT2D eigenvalue weighted by atomic mass is 9.95. The molecule has 0 aliphatic carbocycles. The number of aromatic carboxylic acids is 1. The molecular formula is C14H17FN2O3. The van der Waals surface area contributed by atoms with Crippen molar-refractivity contribution in [1.82, 2.24) is 4.90 Å². The molecule has 5 nitrogen and oxygen atoms in total. The molecule has 1 aliphatic heterocycles. The highest BCUT2D eigenvalue weighted by Crippen LogP contribution is 2.31. The first kappa shape index (κ1) is 14.3. The molecule has 20 heavy (non-hydrogen) atoms. The van der Waals surface area contributed by atoms with Gasteiger partial charge in [0.15, 0.2) is 0 Å². The smallest absolute Gasteiger partial charge is 0.337 e. The molecule has 2 rings (SSSR count). The van der Waals surface area contributed by atoms with Crippen molar-refractivity contribution in [2.75, 3.05) is 25.0 Å². The number of benzene rings is 1. The number of hydrogen-bond acceptors (Lipinski definition) is 3. The van der Waals surface area contributed by atoms with Gasteiger partial charge in [-0.3, -0.25) is 4.79 Å². The molecule has 1 saturated heterocycles. The van der Waals surface area contributed by atoms with Crippen LogP contribution >= 0.6 is 0 Å². The molecule has 0 atom stereocenters. The van der Waals surface area contributed by atoms with E-state index in [1.165, 1.54) is 12.1 Å². The highest BCUT2D eigenvalue weighted by atomic mass is 19.1. The molecule has 1 N–H and O–H groups in total. The zero-order valence-electron chi connectivity index (χ0n) is 11.7. The minimum atomic E-state index is -1.21. The van der Waals surface area contributed by atoms with Gasteiger partial charge in [-0.15, -0.1) is 0 Å². The fourth-order valence-electron chi connectivity index (χ4n) is 2.55. The van der Waals surface area contributed by atoms with Crippen molar-refractivity contribution < 1.29 is 19.1 Å². The van der Waals surface area contributed by atoms with E-state index >= 15 is 0 Å². The van der Waals surface area contributed by atoms with Crippen molar-refractivity contribution in [3.8, 4) is 0 Å². The summed E-state index contributed by atoms with van der Waals surface area (Å²) in [5.41, 5.74) is -0.629. The monoisotopic (exact) mass is 280 g/mol. The number of halogens is 1. The van der Waals surface area contributed by atoms with Gasteiger partial charge in [0.1, 0.15) is 11.4 Å². The molecular weight excluding hydrogens is 263 g/mol. The summed E-state index contributed by atoms with van der Waals surface area (Å²) in [7, 11) is 1.71. The normalized spacial score (nSPS) is 18.3. The summed E-state index contributed by atoms with van der Waals surface area (Å²) >= 11 is 0. The third-order valence-corrected chi connectivity index (χ3v) is 3.68. The highest BCUT2D eigenvalue weighted by Gasteiger charge is 2.41. The minimum Gasteiger partial charge on any atom is -0.478 e. The van der Waals surface area contributed by atoms with Gasteiger partial charge in [0.05, 0.1) is 11.3 Å². The summed E-state index contributed by atoms with van der Waals surface area (Å²) < 4.78 is 13.2. The molecule has 6 heteroatoms. The number of piperazine rings is 1. The Bertz CT molecular complexity index is 572. The first-order valence-electron chi connectivity index (χ1n) is 6.31. The lowest BCUT2D eigenvalue weighted by Gasteiger charge is -2.46. The van der Waals surface area contributed by atoms with Crippen LogP contribution in [0.2, 0.25) is 0 Å². The van der Waals surface area contributed by atoms with Gasteiger partial charge in [0.25, 0.3) is 0 Å². The van der Waals surface area contributed by atoms with E-state index in [4.69, 9.17) is 0 Å². The van der Waals surface area contributed by atoms with E-state index in [0.29, 0.717) is 18.8 Å². The number of amides is 1. The van der Waals surface area contributed by atoms with Gasteiger partial charge in [-0.25, -0.2) is 9.18 Å². The van der Waals surface area contributed by atoms with Crippen molar-refractivity contribution in [2.45, 2.75) is 19.4 Å². The Morgan fingerprint density at radius 1 is 1.35 bits per heavy atom. The quantitative estimate of drug-likeness (QED) is 0.893. The largest absolute Gasteiger partial charge is 0.478 e. The van der Waals surface area contributed by atoms with E-state index < -0.39 is 17.3 Å². The molecule has 0 unspecified atom stereocenters. The Balaban J connectivity index is 2.51. The van der Waals surface area contributed by atoms with Crippen molar-refractivity contribution in [3.05, 3.63) is 29.6 Å². The van der Waals surface area contributed by atoms with E-state index in [2.05, 4.69) is 0 Å². The number of carboxylic acids is 1. The molecule has 1 fully saturated rings. The Hall–Kier alpha value is -2.11. The average molecular weight is 280 g/mol. The predicted molar refractivity (Wildman–Crippen MR) is 72.4 cm³/mol. The predicted octanol–water partition coefficient (Wildman–Crippen LogP) is 1.58. The summed E-state index contributed by atoms with van der Waals surface area (Å²) in [6.45, 7) is 4.47. The molecule has 0 saturated carbocycles. The van der Waals surface area contributed by atoms with Crippen LogP contribution in [0, 0.1) is 5.82 Å². The molecule has 1 aliphatic rings. The molecule has 1 aromatic carbocycles. The van der Waals surface area contributed by atoms with E-state index in [0.717, 1.165) is 6.07 Å². The topological polar surface area (TPSA) is 60.9 Å². The summed E-state index contributed by atoms with van der Waals surface area (Å²) in [5, 5.41) is 9.22. The van der Waals surface area contributed by atoms with Crippen LogP contribution in [0.4, 0.5) is 10.1 Å². The molecule has 1 aromatic rings. The third-order valence-electron chi connectivity index (χ3n) is 3.68. The van der Waals surface area contributed by atoms with Crippen LogP contribution in [0.15, 0.2) is 18.2 Å². The first-order valence-corrected chi connectivity index (χ1v) is 6.31. The van der Waals surface area contributed by atoms with Crippen molar-refractivity contribution in [3.63, 3.8) is 0 Å². The average Bonchev–Trinajstić information content (AvgIpc) is 2.37. The van der Waals surface area contributed by atoms with Crippen LogP contribution < -0.4 is 4.90 Å². The van der Waals surface area contributed by atoms with Crippen molar-refractivity contribution in [2.24, 2.45) is 0 Å². The van der Waals surface area contributed by atoms with Gasteiger partial charge < -0.3 is 14.9 Å². The summed E-state index contributed by atoms with van der Waals surface area (Å²) in [4.78, 5) is 26.9. The van der Waals surface area contributed by atoms with Crippen molar-refractivity contribution >= 4 is 17.6 Å². The van der Waals surface area contributed by atoms with E-state index in [9.17, 15) is 19.1 Å². The number of anilines is 1. The summed E-state index contributed by atoms with van der Waals surface area (Å²) in [6, 6.07) is 3.61. The Labute approximate surface area is 116 Å². The Morgan fingerprint density at radius 2 is 2.00 bits per heavy atom. The van der Waals surface area contributed by atoms with Crippen LogP contribution in [0.25, 0.3) is 0 Å². The molecule has 1 heterocycles. The minimum absolute atomic E-state index is 0.0931. The summed E-state index contributed by atoms with van der Waals surface area (Å²) in [5.74, 6) is -1.91. The van der Waals surface area contributed by atoms with Crippen LogP contribution in [-0.2, 0) is 4.79 Å². The van der Waals surface area contributed by atoms with Crippen LogP contribution in [-0.4, -0.2) is 47.6 Å². The third kappa shape index (κ3) is 2.21. The number of nitrogens with zero attached hydrogens (tertiary/aromatic N) is 2. The molecule has 0 aromatic heterocycles. The number of carbonyl (C=O) groups is 2. The second kappa shape index (κ2) is 4.77. The number of carboxylic acid groups (broad SMARTS) is 1. The van der Waals surface area contributed by atoms with Gasteiger partial charge in [-0.2, -0.15) is 0 Å². The Kier molecular flexibility index (Phi) is 3.41. The van der Waals surface area contributed by atoms with E-state index in [1.807, 2.05) is 0 Å². The maximum absolute atomic E-state index is 13.2. The number of carbonyl (C=O) groups excluding carboxylic acids is 1. The van der Waals surface area contributed by atoms with Gasteiger partial charge in [-0.05, 0) is 32.0 Å². The first-order chi connectivity index (χ1) is 9.25. The molecule has 1 amide bonds. The second-order valence-electron chi connectivity index (χ2n) is 5.40.